The van der Waals surface area contributed by atoms with Crippen molar-refractivity contribution in [3.8, 4) is 23.0 Å². The first-order valence-electron chi connectivity index (χ1n) is 6.65. The molecule has 0 atom stereocenters. The topological polar surface area (TPSA) is 156 Å². The first-order chi connectivity index (χ1) is 11.5. The van der Waals surface area contributed by atoms with Gasteiger partial charge in [-0.15, -0.1) is 17.5 Å². The smallest absolute Gasteiger partial charge is 0.234 e. The molecular formula is C15H16ClN5O4. The molecule has 0 fully saturated rings. The highest BCUT2D eigenvalue weighted by atomic mass is 35.5. The Morgan fingerprint density at radius 3 is 1.92 bits per heavy atom. The van der Waals surface area contributed by atoms with Gasteiger partial charge in [0.1, 0.15) is 23.0 Å². The number of hydrogen-bond donors (Lipinski definition) is 6. The zero-order valence-electron chi connectivity index (χ0n) is 12.7. The molecule has 9 nitrogen and oxygen atoms in total. The standard InChI is InChI=1S/C15H15N5O4.ClH/c16-15(19-17-7-9-1-3-11(21)5-13(9)23)20-18-8-10-2-4-12(22)6-14(10)24;/h1-8,21-24H,(H3,16,19,20);1H/b17-7+,18-8+;. The number of nitrogens with zero attached hydrogens (tertiary/aromatic N) is 3. The fourth-order valence-corrected chi connectivity index (χ4v) is 1.63. The molecule has 0 heterocycles. The molecule has 2 aromatic carbocycles. The number of phenolic OH excluding ortho intramolecular Hbond substituents is 4. The van der Waals surface area contributed by atoms with Crippen LogP contribution >= 0.6 is 12.4 Å². The molecule has 2 aromatic rings. The van der Waals surface area contributed by atoms with E-state index in [1.165, 1.54) is 48.8 Å². The van der Waals surface area contributed by atoms with E-state index < -0.39 is 0 Å². The molecule has 0 aliphatic rings. The maximum absolute atomic E-state index is 9.56. The Bertz CT molecular complexity index is 824. The predicted octanol–water partition coefficient (Wildman–Crippen LogP) is 1.20. The summed E-state index contributed by atoms with van der Waals surface area (Å²) in [6.07, 6.45) is 2.53. The fourth-order valence-electron chi connectivity index (χ4n) is 1.63. The average Bonchev–Trinajstić information content (AvgIpc) is 2.51. The van der Waals surface area contributed by atoms with Gasteiger partial charge in [-0.05, 0) is 24.3 Å². The monoisotopic (exact) mass is 365 g/mol. The maximum Gasteiger partial charge on any atom is 0.234 e. The minimum atomic E-state index is -0.152. The predicted molar refractivity (Wildman–Crippen MR) is 96.7 cm³/mol. The number of halogens is 1. The summed E-state index contributed by atoms with van der Waals surface area (Å²) in [5.41, 5.74) is 8.64. The molecule has 0 aliphatic heterocycles. The minimum absolute atomic E-state index is 0. The van der Waals surface area contributed by atoms with Crippen molar-refractivity contribution < 1.29 is 20.4 Å². The van der Waals surface area contributed by atoms with Gasteiger partial charge in [-0.1, -0.05) is 0 Å². The number of guanidine groups is 1. The second-order valence-electron chi connectivity index (χ2n) is 4.59. The zero-order chi connectivity index (χ0) is 17.5. The lowest BCUT2D eigenvalue weighted by Gasteiger charge is -2.00. The molecule has 25 heavy (non-hydrogen) atoms. The molecule has 0 spiro atoms. The number of phenols is 4. The van der Waals surface area contributed by atoms with Crippen LogP contribution in [0.25, 0.3) is 0 Å². The van der Waals surface area contributed by atoms with Crippen LogP contribution in [-0.2, 0) is 0 Å². The van der Waals surface area contributed by atoms with Gasteiger partial charge in [0.05, 0.1) is 12.4 Å². The van der Waals surface area contributed by atoms with Gasteiger partial charge in [0.15, 0.2) is 0 Å². The van der Waals surface area contributed by atoms with Gasteiger partial charge in [0, 0.05) is 23.3 Å². The molecule has 10 heteroatoms. The Hall–Kier alpha value is -3.46. The summed E-state index contributed by atoms with van der Waals surface area (Å²) < 4.78 is 0. The van der Waals surface area contributed by atoms with Crippen LogP contribution in [0.5, 0.6) is 23.0 Å². The van der Waals surface area contributed by atoms with Crippen molar-refractivity contribution in [3.63, 3.8) is 0 Å². The molecule has 0 amide bonds. The van der Waals surface area contributed by atoms with E-state index in [4.69, 9.17) is 10.8 Å². The number of rotatable bonds is 4. The number of benzene rings is 2. The van der Waals surface area contributed by atoms with E-state index in [-0.39, 0.29) is 41.4 Å². The average molecular weight is 366 g/mol. The Balaban J connectivity index is 0.00000312. The van der Waals surface area contributed by atoms with Crippen LogP contribution in [0.4, 0.5) is 0 Å². The molecule has 2 rings (SSSR count). The number of nitrogens with one attached hydrogen (secondary N) is 1. The Morgan fingerprint density at radius 1 is 0.880 bits per heavy atom. The van der Waals surface area contributed by atoms with Gasteiger partial charge < -0.3 is 26.2 Å². The van der Waals surface area contributed by atoms with Crippen LogP contribution in [0.15, 0.2) is 51.7 Å². The Kier molecular flexibility index (Phi) is 7.04. The first kappa shape index (κ1) is 19.6. The van der Waals surface area contributed by atoms with Crippen molar-refractivity contribution in [2.24, 2.45) is 21.0 Å². The Morgan fingerprint density at radius 2 is 1.40 bits per heavy atom. The van der Waals surface area contributed by atoms with E-state index in [9.17, 15) is 15.3 Å². The van der Waals surface area contributed by atoms with Gasteiger partial charge in [0.25, 0.3) is 0 Å². The Labute approximate surface area is 148 Å². The van der Waals surface area contributed by atoms with Crippen molar-refractivity contribution >= 4 is 30.8 Å². The van der Waals surface area contributed by atoms with Crippen molar-refractivity contribution in [2.75, 3.05) is 0 Å². The summed E-state index contributed by atoms with van der Waals surface area (Å²) in [5, 5.41) is 48.5. The van der Waals surface area contributed by atoms with Crippen LogP contribution in [0.1, 0.15) is 11.1 Å². The third kappa shape index (κ3) is 5.92. The highest BCUT2D eigenvalue weighted by Crippen LogP contribution is 2.21. The highest BCUT2D eigenvalue weighted by molar-refractivity contribution is 5.87. The molecule has 0 aromatic heterocycles. The van der Waals surface area contributed by atoms with Crippen molar-refractivity contribution in [2.45, 2.75) is 0 Å². The molecule has 0 unspecified atom stereocenters. The third-order valence-electron chi connectivity index (χ3n) is 2.77. The zero-order valence-corrected chi connectivity index (χ0v) is 13.6. The lowest BCUT2D eigenvalue weighted by atomic mass is 10.2. The van der Waals surface area contributed by atoms with Gasteiger partial charge in [-0.25, -0.2) is 5.43 Å². The summed E-state index contributed by atoms with van der Waals surface area (Å²) in [6, 6.07) is 8.05. The second kappa shape index (κ2) is 8.99. The fraction of sp³-hybridized carbons (Fsp3) is 0. The summed E-state index contributed by atoms with van der Waals surface area (Å²) >= 11 is 0. The minimum Gasteiger partial charge on any atom is -0.508 e. The van der Waals surface area contributed by atoms with Crippen LogP contribution < -0.4 is 11.2 Å². The van der Waals surface area contributed by atoms with Crippen molar-refractivity contribution in [3.05, 3.63) is 47.5 Å². The van der Waals surface area contributed by atoms with Crippen molar-refractivity contribution in [1.82, 2.24) is 5.43 Å². The maximum atomic E-state index is 9.56. The summed E-state index contributed by atoms with van der Waals surface area (Å²) in [7, 11) is 0. The lowest BCUT2D eigenvalue weighted by molar-refractivity contribution is 0.449. The van der Waals surface area contributed by atoms with Gasteiger partial charge >= 0.3 is 0 Å². The van der Waals surface area contributed by atoms with E-state index in [1.54, 1.807) is 0 Å². The van der Waals surface area contributed by atoms with Crippen LogP contribution in [-0.4, -0.2) is 38.8 Å². The SMILES string of the molecule is Cl.N/C(=N\N=C\c1ccc(O)cc1O)N/N=C/c1ccc(O)cc1O. The van der Waals surface area contributed by atoms with Gasteiger partial charge in [0.2, 0.25) is 5.96 Å². The number of hydrogen-bond acceptors (Lipinski definition) is 7. The molecular weight excluding hydrogens is 350 g/mol. The molecule has 0 radical (unpaired) electrons. The van der Waals surface area contributed by atoms with E-state index in [0.29, 0.717) is 11.1 Å². The molecule has 0 saturated heterocycles. The number of nitrogens with two attached hydrogens (primary N) is 1. The molecule has 132 valence electrons. The first-order valence-corrected chi connectivity index (χ1v) is 6.65. The molecule has 0 aliphatic carbocycles. The molecule has 7 N–H and O–H groups in total. The summed E-state index contributed by atoms with van der Waals surface area (Å²) in [6.45, 7) is 0. The third-order valence-corrected chi connectivity index (χ3v) is 2.77. The number of aromatic hydroxyl groups is 4. The van der Waals surface area contributed by atoms with E-state index in [0.717, 1.165) is 0 Å². The van der Waals surface area contributed by atoms with Crippen LogP contribution in [0.3, 0.4) is 0 Å². The molecule has 0 bridgehead atoms. The summed E-state index contributed by atoms with van der Waals surface area (Å²) in [4.78, 5) is 0. The highest BCUT2D eigenvalue weighted by Gasteiger charge is 2.00. The van der Waals surface area contributed by atoms with Gasteiger partial charge in [-0.3, -0.25) is 0 Å². The van der Waals surface area contributed by atoms with Crippen LogP contribution in [0.2, 0.25) is 0 Å². The normalized spacial score (nSPS) is 11.6. The van der Waals surface area contributed by atoms with Crippen LogP contribution in [0, 0.1) is 0 Å². The largest absolute Gasteiger partial charge is 0.508 e. The van der Waals surface area contributed by atoms with E-state index in [2.05, 4.69) is 20.7 Å². The summed E-state index contributed by atoms with van der Waals surface area (Å²) in [5.74, 6) is -0.552. The van der Waals surface area contributed by atoms with E-state index in [1.807, 2.05) is 0 Å². The molecule has 0 saturated carbocycles. The second-order valence-corrected chi connectivity index (χ2v) is 4.59. The van der Waals surface area contributed by atoms with Gasteiger partial charge in [-0.2, -0.15) is 10.2 Å². The van der Waals surface area contributed by atoms with Crippen molar-refractivity contribution in [1.29, 1.82) is 0 Å². The quantitative estimate of drug-likeness (QED) is 0.271. The lowest BCUT2D eigenvalue weighted by Crippen LogP contribution is -2.26. The van der Waals surface area contributed by atoms with E-state index >= 15 is 0 Å². The number of hydrazone groups is 1.